The number of rotatable bonds is 54. The average Bonchev–Trinajstić information content (AvgIpc) is 3.36. The highest BCUT2D eigenvalue weighted by atomic mass is 32.3. The summed E-state index contributed by atoms with van der Waals surface area (Å²) in [6.07, 6.45) is 51.2. The third-order valence-corrected chi connectivity index (χ3v) is 15.3. The third-order valence-electron chi connectivity index (χ3n) is 14.8. The number of carbonyl (C=O) groups is 1. The number of amides is 1. The Morgan fingerprint density at radius 3 is 1.21 bits per heavy atom. The predicted octanol–water partition coefficient (Wildman–Crippen LogP) is 14.6. The number of aliphatic hydroxyl groups excluding tert-OH is 4. The number of ether oxygens (including phenoxy) is 2. The monoisotopic (exact) mass is 1050 g/mol. The molecule has 7 atom stereocenters. The van der Waals surface area contributed by atoms with Crippen molar-refractivity contribution in [2.45, 2.75) is 346 Å². The van der Waals surface area contributed by atoms with Crippen molar-refractivity contribution in [2.75, 3.05) is 13.2 Å². The molecule has 1 heterocycles. The van der Waals surface area contributed by atoms with Crippen molar-refractivity contribution in [1.29, 1.82) is 0 Å². The Morgan fingerprint density at radius 2 is 0.875 bits per heavy atom. The van der Waals surface area contributed by atoms with E-state index in [1.807, 2.05) is 6.08 Å². The van der Waals surface area contributed by atoms with E-state index in [2.05, 4.69) is 23.3 Å². The van der Waals surface area contributed by atoms with Crippen molar-refractivity contribution >= 4 is 16.3 Å². The molecule has 13 heteroatoms. The van der Waals surface area contributed by atoms with Crippen molar-refractivity contribution in [3.8, 4) is 0 Å². The summed E-state index contributed by atoms with van der Waals surface area (Å²) < 4.78 is 47.9. The molecule has 0 aromatic carbocycles. The summed E-state index contributed by atoms with van der Waals surface area (Å²) in [6, 6.07) is -0.940. The zero-order chi connectivity index (χ0) is 52.6. The van der Waals surface area contributed by atoms with Gasteiger partial charge < -0.3 is 35.2 Å². The smallest absolute Gasteiger partial charge is 0.394 e. The minimum absolute atomic E-state index is 0.255. The predicted molar refractivity (Wildman–Crippen MR) is 296 cm³/mol. The highest BCUT2D eigenvalue weighted by Gasteiger charge is 2.48. The summed E-state index contributed by atoms with van der Waals surface area (Å²) in [5.74, 6) is -0.255. The summed E-state index contributed by atoms with van der Waals surface area (Å²) in [6.45, 7) is 3.45. The van der Waals surface area contributed by atoms with Gasteiger partial charge in [0.2, 0.25) is 5.91 Å². The van der Waals surface area contributed by atoms with Gasteiger partial charge in [0.1, 0.15) is 24.4 Å². The lowest BCUT2D eigenvalue weighted by molar-refractivity contribution is -0.298. The lowest BCUT2D eigenvalue weighted by Crippen LogP contribution is -2.61. The van der Waals surface area contributed by atoms with Gasteiger partial charge in [-0.3, -0.25) is 9.35 Å². The van der Waals surface area contributed by atoms with Crippen LogP contribution in [0.15, 0.2) is 12.2 Å². The van der Waals surface area contributed by atoms with E-state index in [0.717, 1.165) is 38.5 Å². The van der Waals surface area contributed by atoms with Gasteiger partial charge in [0, 0.05) is 6.42 Å². The van der Waals surface area contributed by atoms with E-state index >= 15 is 0 Å². The first kappa shape index (κ1) is 68.9. The van der Waals surface area contributed by atoms with Crippen LogP contribution in [-0.4, -0.2) is 95.4 Å². The first-order valence-corrected chi connectivity index (χ1v) is 31.9. The van der Waals surface area contributed by atoms with Gasteiger partial charge >= 0.3 is 10.4 Å². The van der Waals surface area contributed by atoms with E-state index in [9.17, 15) is 38.2 Å². The molecule has 1 rings (SSSR count). The molecule has 0 radical (unpaired) electrons. The molecule has 0 aromatic heterocycles. The minimum Gasteiger partial charge on any atom is -0.394 e. The standard InChI is InChI=1S/C59H115NO11S/c1-3-5-7-9-11-13-15-17-19-21-23-25-27-28-30-32-34-36-38-40-42-44-46-48-53(62)52(51-69-59-57(65)58(71-72(66,67)68)56(64)54(50-61)70-59)60-55(63)49-47-45-43-41-39-37-35-33-31-29-26-24-22-20-18-16-14-12-10-8-6-4-2/h46,48,52-54,56-59,61-62,64-65H,3-45,47,49-51H2,1-2H3,(H,60,63)(H,66,67,68)/b48-46+. The third kappa shape index (κ3) is 41.1. The summed E-state index contributed by atoms with van der Waals surface area (Å²) in [7, 11) is -5.09. The fourth-order valence-electron chi connectivity index (χ4n) is 10.1. The Balaban J connectivity index is 2.34. The molecule has 12 nitrogen and oxygen atoms in total. The quantitative estimate of drug-likeness (QED) is 0.0193. The van der Waals surface area contributed by atoms with Crippen molar-refractivity contribution < 1.29 is 51.8 Å². The van der Waals surface area contributed by atoms with Gasteiger partial charge in [-0.15, -0.1) is 0 Å². The van der Waals surface area contributed by atoms with Crippen molar-refractivity contribution in [1.82, 2.24) is 5.32 Å². The Labute approximate surface area is 442 Å². The van der Waals surface area contributed by atoms with E-state index in [1.165, 1.54) is 238 Å². The number of carbonyl (C=O) groups excluding carboxylic acids is 1. The Hall–Kier alpha value is -1.16. The van der Waals surface area contributed by atoms with E-state index < -0.39 is 59.9 Å². The second-order valence-corrected chi connectivity index (χ2v) is 22.7. The lowest BCUT2D eigenvalue weighted by atomic mass is 9.99. The van der Waals surface area contributed by atoms with Gasteiger partial charge in [0.15, 0.2) is 6.29 Å². The van der Waals surface area contributed by atoms with Crippen molar-refractivity contribution in [2.24, 2.45) is 0 Å². The van der Waals surface area contributed by atoms with Crippen LogP contribution >= 0.6 is 0 Å². The number of hydrogen-bond acceptors (Lipinski definition) is 10. The normalized spacial score (nSPS) is 19.3. The molecule has 72 heavy (non-hydrogen) atoms. The van der Waals surface area contributed by atoms with Crippen LogP contribution in [0.5, 0.6) is 0 Å². The molecule has 1 fully saturated rings. The van der Waals surface area contributed by atoms with Crippen LogP contribution in [0.1, 0.15) is 303 Å². The van der Waals surface area contributed by atoms with Crippen molar-refractivity contribution in [3.05, 3.63) is 12.2 Å². The maximum Gasteiger partial charge on any atom is 0.397 e. The summed E-state index contributed by atoms with van der Waals surface area (Å²) >= 11 is 0. The molecule has 0 spiro atoms. The number of allylic oxidation sites excluding steroid dienone is 1. The second kappa shape index (κ2) is 49.4. The SMILES string of the molecule is CCCCCCCCCCCCCCCCCCCCCCC/C=C/C(O)C(COC1OC(CO)C(O)C(OS(=O)(=O)O)C1O)NC(=O)CCCCCCCCCCCCCCCCCCCCCCCC. The van der Waals surface area contributed by atoms with Gasteiger partial charge in [-0.1, -0.05) is 289 Å². The minimum atomic E-state index is -5.09. The first-order valence-electron chi connectivity index (χ1n) is 30.6. The Kier molecular flexibility index (Phi) is 47.3. The van der Waals surface area contributed by atoms with Crippen LogP contribution in [0.4, 0.5) is 0 Å². The zero-order valence-electron chi connectivity index (χ0n) is 46.5. The summed E-state index contributed by atoms with van der Waals surface area (Å²) in [5.41, 5.74) is 0. The Morgan fingerprint density at radius 1 is 0.542 bits per heavy atom. The highest BCUT2D eigenvalue weighted by Crippen LogP contribution is 2.26. The molecule has 7 unspecified atom stereocenters. The average molecular weight is 1050 g/mol. The molecular weight excluding hydrogens is 931 g/mol. The molecule has 0 aromatic rings. The van der Waals surface area contributed by atoms with Crippen LogP contribution in [0, 0.1) is 0 Å². The largest absolute Gasteiger partial charge is 0.397 e. The summed E-state index contributed by atoms with van der Waals surface area (Å²) in [4.78, 5) is 13.1. The molecule has 1 saturated heterocycles. The van der Waals surface area contributed by atoms with E-state index in [1.54, 1.807) is 6.08 Å². The maximum atomic E-state index is 13.1. The van der Waals surface area contributed by atoms with E-state index in [0.29, 0.717) is 6.42 Å². The van der Waals surface area contributed by atoms with Gasteiger partial charge in [0.25, 0.3) is 0 Å². The van der Waals surface area contributed by atoms with Gasteiger partial charge in [0.05, 0.1) is 25.4 Å². The number of nitrogens with one attached hydrogen (secondary N) is 1. The van der Waals surface area contributed by atoms with Gasteiger partial charge in [-0.2, -0.15) is 8.42 Å². The number of hydrogen-bond donors (Lipinski definition) is 6. The van der Waals surface area contributed by atoms with E-state index in [-0.39, 0.29) is 18.9 Å². The van der Waals surface area contributed by atoms with Crippen LogP contribution in [-0.2, 0) is 28.9 Å². The lowest BCUT2D eigenvalue weighted by Gasteiger charge is -2.41. The molecular formula is C59H115NO11S. The summed E-state index contributed by atoms with van der Waals surface area (Å²) in [5, 5.41) is 45.0. The molecule has 1 aliphatic rings. The fourth-order valence-corrected chi connectivity index (χ4v) is 10.6. The second-order valence-electron chi connectivity index (χ2n) is 21.7. The molecule has 0 aliphatic carbocycles. The molecule has 0 saturated carbocycles. The first-order chi connectivity index (χ1) is 35.0. The maximum absolute atomic E-state index is 13.1. The molecule has 0 bridgehead atoms. The van der Waals surface area contributed by atoms with Crippen LogP contribution in [0.2, 0.25) is 0 Å². The topological polar surface area (TPSA) is 192 Å². The number of unbranched alkanes of at least 4 members (excludes halogenated alkanes) is 42. The van der Waals surface area contributed by atoms with Crippen LogP contribution < -0.4 is 5.32 Å². The zero-order valence-corrected chi connectivity index (χ0v) is 47.3. The Bertz CT molecular complexity index is 1320. The van der Waals surface area contributed by atoms with Gasteiger partial charge in [-0.05, 0) is 19.3 Å². The highest BCUT2D eigenvalue weighted by molar-refractivity contribution is 7.80. The fraction of sp³-hybridized carbons (Fsp3) is 0.949. The molecule has 1 amide bonds. The van der Waals surface area contributed by atoms with Crippen molar-refractivity contribution in [3.63, 3.8) is 0 Å². The van der Waals surface area contributed by atoms with Crippen LogP contribution in [0.25, 0.3) is 0 Å². The van der Waals surface area contributed by atoms with E-state index in [4.69, 9.17) is 9.47 Å². The van der Waals surface area contributed by atoms with Crippen LogP contribution in [0.3, 0.4) is 0 Å². The van der Waals surface area contributed by atoms with Gasteiger partial charge in [-0.25, -0.2) is 4.18 Å². The molecule has 1 aliphatic heterocycles. The molecule has 428 valence electrons. The molecule has 6 N–H and O–H groups in total. The number of aliphatic hydroxyl groups is 4.